The maximum atomic E-state index is 13.4. The summed E-state index contributed by atoms with van der Waals surface area (Å²) in [5.74, 6) is 0. The Hall–Kier alpha value is -0.490. The molecule has 10 heteroatoms. The highest BCUT2D eigenvalue weighted by Crippen LogP contribution is 2.25. The number of hydrogen-bond donors (Lipinski definition) is 2. The van der Waals surface area contributed by atoms with Crippen molar-refractivity contribution in [1.29, 1.82) is 0 Å². The molecule has 2 atom stereocenters. The molecule has 0 spiro atoms. The lowest BCUT2D eigenvalue weighted by molar-refractivity contribution is -0.285. The molecule has 2 N–H and O–H groups in total. The lowest BCUT2D eigenvalue weighted by atomic mass is 10.3. The van der Waals surface area contributed by atoms with E-state index in [0.29, 0.717) is 0 Å². The highest BCUT2D eigenvalue weighted by atomic mass is 19.3. The minimum absolute atomic E-state index is 0.0539. The van der Waals surface area contributed by atoms with Crippen LogP contribution >= 0.6 is 0 Å². The van der Waals surface area contributed by atoms with E-state index in [4.69, 9.17) is 29.2 Å². The van der Waals surface area contributed by atoms with E-state index in [0.717, 1.165) is 0 Å². The molecule has 0 aliphatic heterocycles. The number of alkyl halides is 3. The second kappa shape index (κ2) is 15.7. The van der Waals surface area contributed by atoms with E-state index in [2.05, 4.69) is 4.74 Å². The van der Waals surface area contributed by atoms with Gasteiger partial charge in [0.05, 0.1) is 66.1 Å². The van der Waals surface area contributed by atoms with Crippen molar-refractivity contribution in [2.24, 2.45) is 0 Å². The lowest BCUT2D eigenvalue weighted by Crippen LogP contribution is -2.38. The summed E-state index contributed by atoms with van der Waals surface area (Å²) in [6, 6.07) is 0. The van der Waals surface area contributed by atoms with Gasteiger partial charge < -0.3 is 33.9 Å². The van der Waals surface area contributed by atoms with E-state index < -0.39 is 25.0 Å². The van der Waals surface area contributed by atoms with Crippen molar-refractivity contribution in [3.05, 3.63) is 0 Å². The van der Waals surface area contributed by atoms with Crippen molar-refractivity contribution in [3.8, 4) is 0 Å². The molecule has 0 radical (unpaired) electrons. The first kappa shape index (κ1) is 24.5. The molecule has 0 aromatic rings. The Balaban J connectivity index is 4.18. The summed E-state index contributed by atoms with van der Waals surface area (Å²) in [5, 5.41) is 17.1. The van der Waals surface area contributed by atoms with Crippen LogP contribution in [0.5, 0.6) is 0 Å². The first-order chi connectivity index (χ1) is 12.0. The Labute approximate surface area is 146 Å². The van der Waals surface area contributed by atoms with Gasteiger partial charge in [0.25, 0.3) is 0 Å². The van der Waals surface area contributed by atoms with Crippen molar-refractivity contribution in [2.45, 2.75) is 31.7 Å². The lowest BCUT2D eigenvalue weighted by Gasteiger charge is -2.24. The molecule has 0 aromatic carbocycles. The van der Waals surface area contributed by atoms with Crippen molar-refractivity contribution < 1.29 is 47.1 Å². The fourth-order valence-corrected chi connectivity index (χ4v) is 1.62. The first-order valence-electron chi connectivity index (χ1n) is 8.20. The van der Waals surface area contributed by atoms with Gasteiger partial charge in [-0.3, -0.25) is 0 Å². The molecule has 2 unspecified atom stereocenters. The van der Waals surface area contributed by atoms with Crippen LogP contribution in [-0.2, 0) is 23.7 Å². The van der Waals surface area contributed by atoms with E-state index in [9.17, 15) is 13.2 Å². The van der Waals surface area contributed by atoms with Crippen LogP contribution in [0, 0.1) is 0 Å². The highest BCUT2D eigenvalue weighted by molar-refractivity contribution is 4.67. The van der Waals surface area contributed by atoms with E-state index in [-0.39, 0.29) is 65.9 Å². The Kier molecular flexibility index (Phi) is 15.4. The Morgan fingerprint density at radius 3 is 1.96 bits per heavy atom. The number of aliphatic hydroxyl groups excluding tert-OH is 2. The third-order valence-electron chi connectivity index (χ3n) is 2.91. The molecule has 0 amide bonds. The fraction of sp³-hybridized carbons (Fsp3) is 1.00. The van der Waals surface area contributed by atoms with Crippen molar-refractivity contribution in [2.75, 3.05) is 66.1 Å². The van der Waals surface area contributed by atoms with E-state index >= 15 is 0 Å². The van der Waals surface area contributed by atoms with Crippen LogP contribution in [0.25, 0.3) is 0 Å². The SMILES string of the molecule is CCC(F)C(F)(F)OCC(COCCOCCO)OCCOCCO. The second-order valence-corrected chi connectivity index (χ2v) is 4.99. The van der Waals surface area contributed by atoms with Crippen molar-refractivity contribution in [1.82, 2.24) is 0 Å². The molecule has 0 bridgehead atoms. The number of ether oxygens (including phenoxy) is 5. The minimum atomic E-state index is -3.89. The van der Waals surface area contributed by atoms with Crippen LogP contribution in [0.15, 0.2) is 0 Å². The average molecular weight is 378 g/mol. The van der Waals surface area contributed by atoms with Crippen LogP contribution in [0.2, 0.25) is 0 Å². The first-order valence-corrected chi connectivity index (χ1v) is 8.20. The summed E-state index contributed by atoms with van der Waals surface area (Å²) in [7, 11) is 0. The highest BCUT2D eigenvalue weighted by Gasteiger charge is 2.40. The van der Waals surface area contributed by atoms with Gasteiger partial charge in [0, 0.05) is 0 Å². The van der Waals surface area contributed by atoms with E-state index in [1.165, 1.54) is 6.92 Å². The molecule has 0 heterocycles. The number of hydrogen-bond acceptors (Lipinski definition) is 7. The van der Waals surface area contributed by atoms with Gasteiger partial charge in [-0.1, -0.05) is 6.92 Å². The number of halogens is 3. The summed E-state index contributed by atoms with van der Waals surface area (Å²) in [4.78, 5) is 0. The molecule has 25 heavy (non-hydrogen) atoms. The zero-order valence-corrected chi connectivity index (χ0v) is 14.5. The average Bonchev–Trinajstić information content (AvgIpc) is 2.60. The summed E-state index contributed by atoms with van der Waals surface area (Å²) < 4.78 is 64.9. The molecule has 0 aromatic heterocycles. The maximum absolute atomic E-state index is 13.4. The minimum Gasteiger partial charge on any atom is -0.394 e. The molecule has 0 aliphatic rings. The zero-order valence-electron chi connectivity index (χ0n) is 14.5. The number of aliphatic hydroxyl groups is 2. The second-order valence-electron chi connectivity index (χ2n) is 4.99. The van der Waals surface area contributed by atoms with Crippen LogP contribution in [0.3, 0.4) is 0 Å². The summed E-state index contributed by atoms with van der Waals surface area (Å²) in [6.45, 7) is 1.41. The molecule has 0 fully saturated rings. The van der Waals surface area contributed by atoms with Gasteiger partial charge in [0.15, 0.2) is 6.17 Å². The van der Waals surface area contributed by atoms with Crippen molar-refractivity contribution in [3.63, 3.8) is 0 Å². The zero-order chi connectivity index (χ0) is 19.0. The topological polar surface area (TPSA) is 86.6 Å². The fourth-order valence-electron chi connectivity index (χ4n) is 1.62. The monoisotopic (exact) mass is 378 g/mol. The molecule has 0 saturated carbocycles. The predicted molar refractivity (Wildman–Crippen MR) is 82.5 cm³/mol. The third kappa shape index (κ3) is 13.4. The molecule has 0 saturated heterocycles. The molecule has 0 aliphatic carbocycles. The molecule has 7 nitrogen and oxygen atoms in total. The molecular formula is C15H29F3O7. The van der Waals surface area contributed by atoms with Gasteiger partial charge in [-0.15, -0.1) is 0 Å². The van der Waals surface area contributed by atoms with Crippen LogP contribution in [0.4, 0.5) is 13.2 Å². The normalized spacial score (nSPS) is 14.6. The van der Waals surface area contributed by atoms with E-state index in [1.807, 2.05) is 0 Å². The van der Waals surface area contributed by atoms with Gasteiger partial charge in [0.1, 0.15) is 6.10 Å². The van der Waals surface area contributed by atoms with Gasteiger partial charge >= 0.3 is 6.11 Å². The van der Waals surface area contributed by atoms with Crippen LogP contribution < -0.4 is 0 Å². The summed E-state index contributed by atoms with van der Waals surface area (Å²) >= 11 is 0. The summed E-state index contributed by atoms with van der Waals surface area (Å²) in [5.41, 5.74) is 0. The molecular weight excluding hydrogens is 349 g/mol. The maximum Gasteiger partial charge on any atom is 0.386 e. The van der Waals surface area contributed by atoms with E-state index in [1.54, 1.807) is 0 Å². The molecule has 152 valence electrons. The largest absolute Gasteiger partial charge is 0.394 e. The summed E-state index contributed by atoms with van der Waals surface area (Å²) in [6.07, 6.45) is -7.50. The smallest absolute Gasteiger partial charge is 0.386 e. The Morgan fingerprint density at radius 2 is 1.40 bits per heavy atom. The van der Waals surface area contributed by atoms with Crippen LogP contribution in [-0.4, -0.2) is 94.7 Å². The molecule has 0 rings (SSSR count). The van der Waals surface area contributed by atoms with Crippen molar-refractivity contribution >= 4 is 0 Å². The Bertz CT molecular complexity index is 298. The Morgan fingerprint density at radius 1 is 0.840 bits per heavy atom. The third-order valence-corrected chi connectivity index (χ3v) is 2.91. The van der Waals surface area contributed by atoms with Crippen LogP contribution in [0.1, 0.15) is 13.3 Å². The number of rotatable bonds is 18. The van der Waals surface area contributed by atoms with Gasteiger partial charge in [-0.25, -0.2) is 4.39 Å². The van der Waals surface area contributed by atoms with Gasteiger partial charge in [-0.05, 0) is 6.42 Å². The standard InChI is InChI=1S/C15H29F3O7/c1-2-14(16)15(17,18)25-12-13(24-10-9-22-6-4-20)11-23-8-7-21-5-3-19/h13-14,19-20H,2-12H2,1H3. The quantitative estimate of drug-likeness (QED) is 0.341. The predicted octanol–water partition coefficient (Wildman–Crippen LogP) is 0.763. The van der Waals surface area contributed by atoms with Gasteiger partial charge in [-0.2, -0.15) is 8.78 Å². The van der Waals surface area contributed by atoms with Gasteiger partial charge in [0.2, 0.25) is 0 Å².